The van der Waals surface area contributed by atoms with Crippen LogP contribution in [0.5, 0.6) is 0 Å². The number of nitrogens with two attached hydrogens (primary N) is 1. The molecule has 1 aliphatic carbocycles. The summed E-state index contributed by atoms with van der Waals surface area (Å²) in [5, 5.41) is 9.47. The van der Waals surface area contributed by atoms with Crippen molar-refractivity contribution < 1.29 is 14.6 Å². The minimum absolute atomic E-state index is 0.698. The maximum Gasteiger partial charge on any atom is 0.323 e. The Bertz CT molecular complexity index is 1010. The molecule has 148 valence electrons. The number of carboxylic acids is 1. The van der Waals surface area contributed by atoms with E-state index in [4.69, 9.17) is 10.5 Å². The predicted octanol–water partition coefficient (Wildman–Crippen LogP) is 4.34. The number of aryl methyl sites for hydroxylation is 1. The average molecular weight is 387 g/mol. The summed E-state index contributed by atoms with van der Waals surface area (Å²) in [5.74, 6) is -1.07. The molecule has 0 heterocycles. The molecule has 3 N–H and O–H groups in total. The van der Waals surface area contributed by atoms with E-state index in [0.29, 0.717) is 0 Å². The number of ether oxygens (including phenoxy) is 1. The van der Waals surface area contributed by atoms with Crippen LogP contribution in [0.2, 0.25) is 0 Å². The van der Waals surface area contributed by atoms with Crippen LogP contribution in [0, 0.1) is 0 Å². The Balaban J connectivity index is 2.03. The van der Waals surface area contributed by atoms with Gasteiger partial charge in [0.25, 0.3) is 0 Å². The van der Waals surface area contributed by atoms with Crippen LogP contribution >= 0.6 is 0 Å². The Kier molecular flexibility index (Phi) is 4.99. The van der Waals surface area contributed by atoms with Gasteiger partial charge in [-0.3, -0.25) is 4.79 Å². The van der Waals surface area contributed by atoms with E-state index < -0.39 is 23.7 Å². The fourth-order valence-corrected chi connectivity index (χ4v) is 4.40. The molecule has 0 saturated heterocycles. The van der Waals surface area contributed by atoms with Crippen LogP contribution in [0.4, 0.5) is 0 Å². The van der Waals surface area contributed by atoms with Crippen molar-refractivity contribution >= 4 is 5.97 Å². The van der Waals surface area contributed by atoms with Crippen molar-refractivity contribution in [3.63, 3.8) is 0 Å². The van der Waals surface area contributed by atoms with E-state index in [1.54, 1.807) is 6.92 Å². The molecule has 2 atom stereocenters. The van der Waals surface area contributed by atoms with E-state index >= 15 is 0 Å². The van der Waals surface area contributed by atoms with Gasteiger partial charge >= 0.3 is 5.97 Å². The summed E-state index contributed by atoms with van der Waals surface area (Å²) >= 11 is 0. The second-order valence-corrected chi connectivity index (χ2v) is 7.47. The largest absolute Gasteiger partial charge is 0.480 e. The van der Waals surface area contributed by atoms with Gasteiger partial charge in [0, 0.05) is 11.1 Å². The van der Waals surface area contributed by atoms with Crippen molar-refractivity contribution in [1.82, 2.24) is 0 Å². The number of aliphatic carboxylic acids is 1. The third kappa shape index (κ3) is 2.96. The smallest absolute Gasteiger partial charge is 0.323 e. The molecular weight excluding hydrogens is 362 g/mol. The van der Waals surface area contributed by atoms with E-state index in [-0.39, 0.29) is 0 Å². The lowest BCUT2D eigenvalue weighted by Crippen LogP contribution is -2.46. The molecule has 3 aromatic carbocycles. The first-order valence-corrected chi connectivity index (χ1v) is 9.94. The first-order chi connectivity index (χ1) is 14.0. The summed E-state index contributed by atoms with van der Waals surface area (Å²) in [5.41, 5.74) is 11.5. The second kappa shape index (κ2) is 7.47. The van der Waals surface area contributed by atoms with Crippen molar-refractivity contribution in [2.24, 2.45) is 5.73 Å². The van der Waals surface area contributed by atoms with Gasteiger partial charge in [0.05, 0.1) is 6.10 Å². The number of carbonyl (C=O) groups is 1. The average Bonchev–Trinajstić information content (AvgIpc) is 3.04. The van der Waals surface area contributed by atoms with Gasteiger partial charge in [-0.15, -0.1) is 0 Å². The Morgan fingerprint density at radius 3 is 1.93 bits per heavy atom. The third-order valence-corrected chi connectivity index (χ3v) is 5.83. The van der Waals surface area contributed by atoms with Crippen LogP contribution in [-0.2, 0) is 21.6 Å². The van der Waals surface area contributed by atoms with E-state index in [2.05, 4.69) is 43.3 Å². The normalized spacial score (nSPS) is 16.0. The summed E-state index contributed by atoms with van der Waals surface area (Å²) in [6.45, 7) is 3.85. The first-order valence-electron chi connectivity index (χ1n) is 9.94. The van der Waals surface area contributed by atoms with Crippen LogP contribution in [0.25, 0.3) is 11.1 Å². The molecular formula is C25H25NO3. The maximum atomic E-state index is 11.6. The molecule has 0 saturated carbocycles. The van der Waals surface area contributed by atoms with Gasteiger partial charge in [-0.05, 0) is 35.6 Å². The van der Waals surface area contributed by atoms with Gasteiger partial charge in [-0.2, -0.15) is 0 Å². The van der Waals surface area contributed by atoms with Gasteiger partial charge in [0.1, 0.15) is 11.6 Å². The monoisotopic (exact) mass is 387 g/mol. The van der Waals surface area contributed by atoms with Crippen molar-refractivity contribution in [2.45, 2.75) is 38.0 Å². The Morgan fingerprint density at radius 1 is 0.931 bits per heavy atom. The first kappa shape index (κ1) is 19.4. The lowest BCUT2D eigenvalue weighted by Gasteiger charge is -2.37. The maximum absolute atomic E-state index is 11.6. The fraction of sp³-hybridized carbons (Fsp3) is 0.240. The number of benzene rings is 3. The molecule has 4 nitrogen and oxygen atoms in total. The van der Waals surface area contributed by atoms with Crippen molar-refractivity contribution in [2.75, 3.05) is 0 Å². The molecule has 0 aliphatic heterocycles. The van der Waals surface area contributed by atoms with Gasteiger partial charge in [-0.1, -0.05) is 79.7 Å². The van der Waals surface area contributed by atoms with Crippen LogP contribution in [0.3, 0.4) is 0 Å². The number of fused-ring (bicyclic) bond motifs is 3. The lowest BCUT2D eigenvalue weighted by atomic mass is 9.80. The van der Waals surface area contributed by atoms with Gasteiger partial charge in [-0.25, -0.2) is 0 Å². The molecule has 4 rings (SSSR count). The summed E-state index contributed by atoms with van der Waals surface area (Å²) in [7, 11) is 0. The van der Waals surface area contributed by atoms with E-state index in [9.17, 15) is 9.90 Å². The lowest BCUT2D eigenvalue weighted by molar-refractivity contribution is -0.144. The van der Waals surface area contributed by atoms with Crippen molar-refractivity contribution in [3.05, 3.63) is 95.1 Å². The highest BCUT2D eigenvalue weighted by molar-refractivity contribution is 5.82. The summed E-state index contributed by atoms with van der Waals surface area (Å²) in [6.07, 6.45) is 0.141. The molecule has 1 aliphatic rings. The molecule has 4 heteroatoms. The molecule has 0 radical (unpaired) electrons. The highest BCUT2D eigenvalue weighted by Gasteiger charge is 2.48. The summed E-state index contributed by atoms with van der Waals surface area (Å²) < 4.78 is 6.70. The second-order valence-electron chi connectivity index (χ2n) is 7.47. The minimum Gasteiger partial charge on any atom is -0.480 e. The Morgan fingerprint density at radius 2 is 1.41 bits per heavy atom. The molecule has 29 heavy (non-hydrogen) atoms. The van der Waals surface area contributed by atoms with Gasteiger partial charge in [0.2, 0.25) is 0 Å². The van der Waals surface area contributed by atoms with Crippen LogP contribution in [-0.4, -0.2) is 23.2 Å². The summed E-state index contributed by atoms with van der Waals surface area (Å²) in [6, 6.07) is 23.4. The number of hydrogen-bond donors (Lipinski definition) is 2. The molecule has 0 bridgehead atoms. The van der Waals surface area contributed by atoms with E-state index in [0.717, 1.165) is 39.8 Å². The zero-order valence-electron chi connectivity index (χ0n) is 16.6. The highest BCUT2D eigenvalue weighted by atomic mass is 16.5. The molecule has 3 aromatic rings. The molecule has 0 amide bonds. The van der Waals surface area contributed by atoms with E-state index in [1.807, 2.05) is 36.4 Å². The van der Waals surface area contributed by atoms with Crippen molar-refractivity contribution in [1.29, 1.82) is 0 Å². The Labute approximate surface area is 171 Å². The standard InChI is InChI=1S/C25H25NO3/c1-3-17-10-4-7-13-20(17)25(29-16(2)23(26)24(27)28)21-14-8-5-11-18(21)19-12-6-9-15-22(19)25/h4-16,23H,3,26H2,1-2H3,(H,27,28)/t16?,23-/m0/s1. The SMILES string of the molecule is CCc1ccccc1C1(OC(C)[C@H](N)C(=O)O)c2ccccc2-c2ccccc21. The highest BCUT2D eigenvalue weighted by Crippen LogP contribution is 2.54. The van der Waals surface area contributed by atoms with Crippen LogP contribution in [0.1, 0.15) is 36.1 Å². The fourth-order valence-electron chi connectivity index (χ4n) is 4.40. The molecule has 0 aromatic heterocycles. The molecule has 1 unspecified atom stereocenters. The summed E-state index contributed by atoms with van der Waals surface area (Å²) in [4.78, 5) is 11.6. The predicted molar refractivity (Wildman–Crippen MR) is 114 cm³/mol. The zero-order valence-corrected chi connectivity index (χ0v) is 16.6. The van der Waals surface area contributed by atoms with Crippen LogP contribution in [0.15, 0.2) is 72.8 Å². The van der Waals surface area contributed by atoms with Crippen LogP contribution < -0.4 is 5.73 Å². The van der Waals surface area contributed by atoms with Crippen molar-refractivity contribution in [3.8, 4) is 11.1 Å². The molecule has 0 fully saturated rings. The van der Waals surface area contributed by atoms with Gasteiger partial charge in [0.15, 0.2) is 0 Å². The Hall–Kier alpha value is -2.95. The topological polar surface area (TPSA) is 72.5 Å². The number of rotatable bonds is 6. The number of carboxylic acid groups (broad SMARTS) is 1. The molecule has 0 spiro atoms. The third-order valence-electron chi connectivity index (χ3n) is 5.83. The quantitative estimate of drug-likeness (QED) is 0.660. The van der Waals surface area contributed by atoms with Gasteiger partial charge < -0.3 is 15.6 Å². The zero-order chi connectivity index (χ0) is 20.6. The number of hydrogen-bond acceptors (Lipinski definition) is 3. The van der Waals surface area contributed by atoms with E-state index in [1.165, 1.54) is 0 Å². The minimum atomic E-state index is -1.12.